The van der Waals surface area contributed by atoms with Gasteiger partial charge < -0.3 is 0 Å². The van der Waals surface area contributed by atoms with Crippen molar-refractivity contribution in [2.45, 2.75) is 57.3 Å². The highest BCUT2D eigenvalue weighted by Gasteiger charge is 2.43. The fraction of sp³-hybridized carbons (Fsp3) is 0.440. The zero-order valence-electron chi connectivity index (χ0n) is 16.6. The van der Waals surface area contributed by atoms with Crippen LogP contribution in [0.5, 0.6) is 0 Å². The molecule has 2 aliphatic carbocycles. The molecule has 2 aliphatic rings. The fourth-order valence-corrected chi connectivity index (χ4v) is 5.77. The molecule has 4 atom stereocenters. The number of halogens is 4. The van der Waals surface area contributed by atoms with E-state index in [0.717, 1.165) is 49.8 Å². The van der Waals surface area contributed by atoms with Gasteiger partial charge in [0.25, 0.3) is 0 Å². The van der Waals surface area contributed by atoms with E-state index >= 15 is 0 Å². The summed E-state index contributed by atoms with van der Waals surface area (Å²) in [7, 11) is 0. The van der Waals surface area contributed by atoms with Crippen LogP contribution in [0.2, 0.25) is 0 Å². The lowest BCUT2D eigenvalue weighted by Crippen LogP contribution is -2.35. The van der Waals surface area contributed by atoms with Crippen molar-refractivity contribution in [2.75, 3.05) is 0 Å². The SMILES string of the molecule is C/C=C/CC[C@@H]1CC[C@H]2c3cc(F)cc(F)c3CC[C@@H]2[C@H]1c1cc(F)cc(F)c1. The van der Waals surface area contributed by atoms with Gasteiger partial charge in [-0.1, -0.05) is 12.2 Å². The summed E-state index contributed by atoms with van der Waals surface area (Å²) < 4.78 is 56.4. The minimum atomic E-state index is -0.567. The molecule has 0 N–H and O–H groups in total. The third-order valence-corrected chi connectivity index (χ3v) is 6.87. The molecule has 0 aliphatic heterocycles. The van der Waals surface area contributed by atoms with Crippen LogP contribution >= 0.6 is 0 Å². The topological polar surface area (TPSA) is 0 Å². The van der Waals surface area contributed by atoms with E-state index < -0.39 is 23.3 Å². The van der Waals surface area contributed by atoms with Gasteiger partial charge in [0.2, 0.25) is 0 Å². The Kier molecular flexibility index (Phi) is 5.80. The fourth-order valence-electron chi connectivity index (χ4n) is 5.77. The van der Waals surface area contributed by atoms with Gasteiger partial charge in [-0.05, 0) is 104 Å². The van der Waals surface area contributed by atoms with E-state index in [1.807, 2.05) is 13.0 Å². The number of hydrogen-bond donors (Lipinski definition) is 0. The molecule has 1 fully saturated rings. The van der Waals surface area contributed by atoms with Crippen LogP contribution in [0.25, 0.3) is 0 Å². The number of benzene rings is 2. The maximum Gasteiger partial charge on any atom is 0.129 e. The summed E-state index contributed by atoms with van der Waals surface area (Å²) in [5.41, 5.74) is 2.06. The minimum Gasteiger partial charge on any atom is -0.207 e. The van der Waals surface area contributed by atoms with E-state index in [-0.39, 0.29) is 17.8 Å². The highest BCUT2D eigenvalue weighted by atomic mass is 19.1. The molecule has 0 heterocycles. The van der Waals surface area contributed by atoms with Crippen molar-refractivity contribution in [1.29, 1.82) is 0 Å². The van der Waals surface area contributed by atoms with Gasteiger partial charge in [0, 0.05) is 12.1 Å². The Morgan fingerprint density at radius 2 is 1.62 bits per heavy atom. The van der Waals surface area contributed by atoms with Gasteiger partial charge in [0.15, 0.2) is 0 Å². The normalized spacial score (nSPS) is 26.4. The summed E-state index contributed by atoms with van der Waals surface area (Å²) in [5.74, 6) is -1.71. The van der Waals surface area contributed by atoms with Crippen molar-refractivity contribution in [1.82, 2.24) is 0 Å². The monoisotopic (exact) mass is 402 g/mol. The Hall–Kier alpha value is -2.10. The van der Waals surface area contributed by atoms with E-state index in [2.05, 4.69) is 6.08 Å². The molecule has 2 aromatic carbocycles. The lowest BCUT2D eigenvalue weighted by molar-refractivity contribution is 0.160. The minimum absolute atomic E-state index is 0.0105. The first-order valence-electron chi connectivity index (χ1n) is 10.5. The third-order valence-electron chi connectivity index (χ3n) is 6.87. The second-order valence-corrected chi connectivity index (χ2v) is 8.48. The van der Waals surface area contributed by atoms with Crippen molar-refractivity contribution in [3.8, 4) is 0 Å². The van der Waals surface area contributed by atoms with Gasteiger partial charge in [0.1, 0.15) is 23.3 Å². The largest absolute Gasteiger partial charge is 0.207 e. The van der Waals surface area contributed by atoms with Crippen LogP contribution < -0.4 is 0 Å². The van der Waals surface area contributed by atoms with Crippen LogP contribution in [-0.2, 0) is 6.42 Å². The van der Waals surface area contributed by atoms with Crippen LogP contribution in [-0.4, -0.2) is 0 Å². The Morgan fingerprint density at radius 3 is 2.34 bits per heavy atom. The molecule has 154 valence electrons. The summed E-state index contributed by atoms with van der Waals surface area (Å²) in [6, 6.07) is 6.22. The lowest BCUT2D eigenvalue weighted by atomic mass is 9.57. The van der Waals surface area contributed by atoms with Gasteiger partial charge in [-0.2, -0.15) is 0 Å². The number of allylic oxidation sites excluding steroid dienone is 2. The summed E-state index contributed by atoms with van der Waals surface area (Å²) in [5, 5.41) is 0. The smallest absolute Gasteiger partial charge is 0.129 e. The van der Waals surface area contributed by atoms with Crippen LogP contribution in [0.1, 0.15) is 67.6 Å². The molecule has 1 saturated carbocycles. The molecule has 0 nitrogen and oxygen atoms in total. The van der Waals surface area contributed by atoms with Gasteiger partial charge in [-0.25, -0.2) is 17.6 Å². The molecular weight excluding hydrogens is 376 g/mol. The van der Waals surface area contributed by atoms with Crippen molar-refractivity contribution >= 4 is 0 Å². The van der Waals surface area contributed by atoms with E-state index in [1.165, 1.54) is 18.2 Å². The second kappa shape index (κ2) is 8.33. The van der Waals surface area contributed by atoms with Crippen LogP contribution in [0, 0.1) is 35.1 Å². The Labute approximate surface area is 169 Å². The molecule has 0 unspecified atom stereocenters. The quantitative estimate of drug-likeness (QED) is 0.368. The maximum absolute atomic E-state index is 14.4. The van der Waals surface area contributed by atoms with Crippen LogP contribution in [0.15, 0.2) is 42.5 Å². The molecule has 0 saturated heterocycles. The number of fused-ring (bicyclic) bond motifs is 3. The summed E-state index contributed by atoms with van der Waals surface area (Å²) in [6.07, 6.45) is 9.05. The van der Waals surface area contributed by atoms with Crippen molar-refractivity contribution in [3.05, 3.63) is 82.4 Å². The van der Waals surface area contributed by atoms with Crippen molar-refractivity contribution in [3.63, 3.8) is 0 Å². The summed E-state index contributed by atoms with van der Waals surface area (Å²) in [4.78, 5) is 0. The molecule has 2 aromatic rings. The maximum atomic E-state index is 14.4. The van der Waals surface area contributed by atoms with E-state index in [1.54, 1.807) is 0 Å². The average molecular weight is 402 g/mol. The molecule has 4 heteroatoms. The highest BCUT2D eigenvalue weighted by molar-refractivity contribution is 5.38. The van der Waals surface area contributed by atoms with Gasteiger partial charge in [-0.15, -0.1) is 0 Å². The molecule has 29 heavy (non-hydrogen) atoms. The predicted molar refractivity (Wildman–Crippen MR) is 107 cm³/mol. The zero-order chi connectivity index (χ0) is 20.5. The molecule has 0 aromatic heterocycles. The molecule has 0 radical (unpaired) electrons. The number of rotatable bonds is 4. The molecular formula is C25H26F4. The van der Waals surface area contributed by atoms with Crippen LogP contribution in [0.3, 0.4) is 0 Å². The Morgan fingerprint density at radius 1 is 0.897 bits per heavy atom. The molecule has 4 rings (SSSR count). The van der Waals surface area contributed by atoms with Crippen LogP contribution in [0.4, 0.5) is 17.6 Å². The first-order chi connectivity index (χ1) is 14.0. The van der Waals surface area contributed by atoms with Gasteiger partial charge in [-0.3, -0.25) is 0 Å². The predicted octanol–water partition coefficient (Wildman–Crippen LogP) is 7.44. The first kappa shape index (κ1) is 20.2. The summed E-state index contributed by atoms with van der Waals surface area (Å²) in [6.45, 7) is 1.98. The molecule has 0 bridgehead atoms. The van der Waals surface area contributed by atoms with Gasteiger partial charge >= 0.3 is 0 Å². The van der Waals surface area contributed by atoms with Crippen molar-refractivity contribution in [2.24, 2.45) is 11.8 Å². The molecule has 0 amide bonds. The van der Waals surface area contributed by atoms with E-state index in [4.69, 9.17) is 0 Å². The van der Waals surface area contributed by atoms with Crippen molar-refractivity contribution < 1.29 is 17.6 Å². The number of hydrogen-bond acceptors (Lipinski definition) is 0. The average Bonchev–Trinajstić information content (AvgIpc) is 2.66. The zero-order valence-corrected chi connectivity index (χ0v) is 16.6. The molecule has 0 spiro atoms. The lowest BCUT2D eigenvalue weighted by Gasteiger charge is -2.47. The summed E-state index contributed by atoms with van der Waals surface area (Å²) >= 11 is 0. The highest BCUT2D eigenvalue weighted by Crippen LogP contribution is 2.55. The van der Waals surface area contributed by atoms with E-state index in [9.17, 15) is 17.6 Å². The third kappa shape index (κ3) is 3.99. The van der Waals surface area contributed by atoms with Gasteiger partial charge in [0.05, 0.1) is 0 Å². The second-order valence-electron chi connectivity index (χ2n) is 8.48. The first-order valence-corrected chi connectivity index (χ1v) is 10.5. The Bertz CT molecular complexity index is 897. The standard InChI is InChI=1S/C25H26F4/c1-2-3-4-5-15-6-7-20-22(25(15)16-10-17(26)12-18(27)11-16)9-8-21-23(20)13-19(28)14-24(21)29/h2-3,10-15,20,22,25H,4-9H2,1H3/b3-2+/t15-,20-,22+,25-/m1/s1. The Balaban J connectivity index is 1.74. The van der Waals surface area contributed by atoms with E-state index in [0.29, 0.717) is 23.5 Å².